The largest absolute Gasteiger partial charge is 0.436 e. The Hall–Kier alpha value is -2.31. The third kappa shape index (κ3) is 3.47. The lowest BCUT2D eigenvalue weighted by molar-refractivity contribution is 0.423. The van der Waals surface area contributed by atoms with Gasteiger partial charge in [-0.05, 0) is 30.3 Å². The topological polar surface area (TPSA) is 66.0 Å². The Balaban J connectivity index is 0.00000176. The van der Waals surface area contributed by atoms with E-state index in [-0.39, 0.29) is 23.3 Å². The molecular weight excluding hydrogens is 330 g/mol. The second-order valence-corrected chi connectivity index (χ2v) is 4.58. The van der Waals surface area contributed by atoms with Gasteiger partial charge < -0.3 is 10.5 Å². The van der Waals surface area contributed by atoms with E-state index in [9.17, 15) is 4.39 Å². The zero-order valence-electron chi connectivity index (χ0n) is 11.0. The molecule has 0 aliphatic heterocycles. The zero-order valence-corrected chi connectivity index (χ0v) is 12.6. The Labute approximate surface area is 136 Å². The number of pyridine rings is 1. The quantitative estimate of drug-likeness (QED) is 0.790. The van der Waals surface area contributed by atoms with Gasteiger partial charge in [0.05, 0.1) is 10.7 Å². The van der Waals surface area contributed by atoms with Crippen molar-refractivity contribution >= 4 is 29.8 Å². The van der Waals surface area contributed by atoms with E-state index in [4.69, 9.17) is 22.1 Å². The van der Waals surface area contributed by atoms with Gasteiger partial charge in [-0.3, -0.25) is 0 Å². The van der Waals surface area contributed by atoms with Gasteiger partial charge >= 0.3 is 0 Å². The van der Waals surface area contributed by atoms with E-state index in [1.165, 1.54) is 6.20 Å². The highest BCUT2D eigenvalue weighted by Gasteiger charge is 2.07. The molecule has 0 atom stereocenters. The van der Waals surface area contributed by atoms with Crippen molar-refractivity contribution in [3.05, 3.63) is 59.6 Å². The Morgan fingerprint density at radius 2 is 2.00 bits per heavy atom. The third-order valence-corrected chi connectivity index (χ3v) is 2.85. The smallest absolute Gasteiger partial charge is 0.255 e. The van der Waals surface area contributed by atoms with Crippen LogP contribution in [-0.2, 0) is 0 Å². The van der Waals surface area contributed by atoms with Crippen LogP contribution >= 0.6 is 24.0 Å². The molecule has 0 spiro atoms. The standard InChI is InChI=1S/C14H9ClFN4O.ClH/c15-9-7-12(16)14(18-8-9)21-11-3-1-10(2-4-11)20-6-5-13(17)19-20;/h1-4,6-8H,(H2,17,19);1H. The second kappa shape index (κ2) is 6.64. The van der Waals surface area contributed by atoms with Crippen LogP contribution < -0.4 is 10.5 Å². The minimum Gasteiger partial charge on any atom is -0.436 e. The van der Waals surface area contributed by atoms with Crippen molar-refractivity contribution in [3.63, 3.8) is 0 Å². The second-order valence-electron chi connectivity index (χ2n) is 4.14. The number of benzene rings is 1. The molecule has 0 saturated heterocycles. The molecule has 8 heteroatoms. The molecule has 0 fully saturated rings. The summed E-state index contributed by atoms with van der Waals surface area (Å²) in [7, 11) is 0. The Morgan fingerprint density at radius 3 is 2.59 bits per heavy atom. The van der Waals surface area contributed by atoms with E-state index >= 15 is 0 Å². The number of anilines is 1. The molecule has 0 aliphatic rings. The highest BCUT2D eigenvalue weighted by atomic mass is 35.5. The summed E-state index contributed by atoms with van der Waals surface area (Å²) >= 11 is 5.63. The molecule has 3 rings (SSSR count). The molecule has 5 nitrogen and oxygen atoms in total. The summed E-state index contributed by atoms with van der Waals surface area (Å²) in [5.41, 5.74) is 6.28. The first-order valence-electron chi connectivity index (χ1n) is 5.94. The van der Waals surface area contributed by atoms with Crippen molar-refractivity contribution in [2.24, 2.45) is 0 Å². The van der Waals surface area contributed by atoms with Crippen LogP contribution in [-0.4, -0.2) is 14.8 Å². The fourth-order valence-electron chi connectivity index (χ4n) is 1.69. The monoisotopic (exact) mass is 339 g/mol. The van der Waals surface area contributed by atoms with Gasteiger partial charge in [-0.15, -0.1) is 12.4 Å². The van der Waals surface area contributed by atoms with Crippen LogP contribution in [0.3, 0.4) is 0 Å². The van der Waals surface area contributed by atoms with Gasteiger partial charge in [0.2, 0.25) is 0 Å². The minimum atomic E-state index is -0.624. The minimum absolute atomic E-state index is 0. The van der Waals surface area contributed by atoms with Crippen molar-refractivity contribution in [3.8, 4) is 17.3 Å². The Morgan fingerprint density at radius 1 is 1.27 bits per heavy atom. The van der Waals surface area contributed by atoms with Crippen LogP contribution in [0.5, 0.6) is 11.6 Å². The van der Waals surface area contributed by atoms with E-state index < -0.39 is 5.82 Å². The van der Waals surface area contributed by atoms with Crippen molar-refractivity contribution < 1.29 is 9.13 Å². The number of rotatable bonds is 3. The van der Waals surface area contributed by atoms with Crippen LogP contribution in [0.4, 0.5) is 10.2 Å². The molecule has 0 bridgehead atoms. The Kier molecular flexibility index (Phi) is 4.85. The molecule has 22 heavy (non-hydrogen) atoms. The first-order chi connectivity index (χ1) is 10.1. The first kappa shape index (κ1) is 16.1. The predicted octanol–water partition coefficient (Wildman–Crippen LogP) is 3.66. The summed E-state index contributed by atoms with van der Waals surface area (Å²) < 4.78 is 20.5. The summed E-state index contributed by atoms with van der Waals surface area (Å²) in [4.78, 5) is 3.79. The van der Waals surface area contributed by atoms with Crippen LogP contribution in [0.2, 0.25) is 5.02 Å². The number of ether oxygens (including phenoxy) is 1. The average molecular weight is 340 g/mol. The number of nitrogens with zero attached hydrogens (tertiary/aromatic N) is 3. The first-order valence-corrected chi connectivity index (χ1v) is 6.32. The van der Waals surface area contributed by atoms with Gasteiger partial charge in [0.25, 0.3) is 5.88 Å². The van der Waals surface area contributed by atoms with Gasteiger partial charge in [0, 0.05) is 18.5 Å². The van der Waals surface area contributed by atoms with Crippen LogP contribution in [0.1, 0.15) is 0 Å². The van der Waals surface area contributed by atoms with Crippen molar-refractivity contribution in [2.45, 2.75) is 0 Å². The molecule has 2 aromatic heterocycles. The molecule has 3 aromatic rings. The predicted molar refractivity (Wildman–Crippen MR) is 83.3 cm³/mol. The lowest BCUT2D eigenvalue weighted by atomic mass is 10.3. The average Bonchev–Trinajstić information content (AvgIpc) is 2.89. The van der Waals surface area contributed by atoms with E-state index in [0.29, 0.717) is 11.6 Å². The van der Waals surface area contributed by atoms with E-state index in [2.05, 4.69) is 16.1 Å². The lowest BCUT2D eigenvalue weighted by Gasteiger charge is -2.07. The molecule has 2 N–H and O–H groups in total. The van der Waals surface area contributed by atoms with E-state index in [0.717, 1.165) is 11.8 Å². The number of nitrogen functional groups attached to an aromatic ring is 1. The number of hydrogen-bond donors (Lipinski definition) is 1. The number of nitrogens with two attached hydrogens (primary N) is 1. The van der Waals surface area contributed by atoms with Crippen LogP contribution in [0, 0.1) is 11.9 Å². The Bertz CT molecular complexity index is 777. The fraction of sp³-hybridized carbons (Fsp3) is 0. The normalized spacial score (nSPS) is 10.1. The maximum Gasteiger partial charge on any atom is 0.255 e. The van der Waals surface area contributed by atoms with E-state index in [1.807, 2.05) is 0 Å². The van der Waals surface area contributed by atoms with Crippen LogP contribution in [0.25, 0.3) is 5.69 Å². The summed E-state index contributed by atoms with van der Waals surface area (Å²) in [5, 5.41) is 4.24. The summed E-state index contributed by atoms with van der Waals surface area (Å²) in [5.74, 6) is -0.0100. The maximum atomic E-state index is 13.6. The molecule has 113 valence electrons. The zero-order chi connectivity index (χ0) is 14.8. The van der Waals surface area contributed by atoms with Crippen molar-refractivity contribution in [2.75, 3.05) is 5.73 Å². The van der Waals surface area contributed by atoms with Gasteiger partial charge in [0.15, 0.2) is 11.6 Å². The summed E-state index contributed by atoms with van der Waals surface area (Å²) in [6.45, 7) is 0. The number of hydrogen-bond acceptors (Lipinski definition) is 4. The molecular formula is C14H10Cl2FN4O. The van der Waals surface area contributed by atoms with Crippen molar-refractivity contribution in [1.82, 2.24) is 14.8 Å². The molecule has 0 saturated carbocycles. The molecule has 0 aliphatic carbocycles. The molecule has 0 amide bonds. The van der Waals surface area contributed by atoms with Crippen LogP contribution in [0.15, 0.2) is 42.7 Å². The molecule has 1 aromatic carbocycles. The molecule has 1 radical (unpaired) electrons. The molecule has 2 heterocycles. The van der Waals surface area contributed by atoms with Gasteiger partial charge in [-0.25, -0.2) is 14.1 Å². The van der Waals surface area contributed by atoms with Gasteiger partial charge in [-0.1, -0.05) is 11.6 Å². The third-order valence-electron chi connectivity index (χ3n) is 2.64. The number of aromatic nitrogens is 3. The SMILES string of the molecule is Cl.Nc1[c]cn(-c2ccc(Oc3ncc(Cl)cc3F)cc2)n1. The van der Waals surface area contributed by atoms with Gasteiger partial charge in [-0.2, -0.15) is 5.10 Å². The fourth-order valence-corrected chi connectivity index (χ4v) is 1.83. The molecule has 0 unspecified atom stereocenters. The highest BCUT2D eigenvalue weighted by molar-refractivity contribution is 6.30. The maximum absolute atomic E-state index is 13.6. The highest BCUT2D eigenvalue weighted by Crippen LogP contribution is 2.24. The van der Waals surface area contributed by atoms with Gasteiger partial charge in [0.1, 0.15) is 5.75 Å². The van der Waals surface area contributed by atoms with Crippen molar-refractivity contribution in [1.29, 1.82) is 0 Å². The summed E-state index contributed by atoms with van der Waals surface area (Å²) in [6.07, 6.45) is 2.93. The van der Waals surface area contributed by atoms with E-state index in [1.54, 1.807) is 35.1 Å². The summed E-state index contributed by atoms with van der Waals surface area (Å²) in [6, 6.07) is 10.7. The lowest BCUT2D eigenvalue weighted by Crippen LogP contribution is -1.96. The number of halogens is 3.